The molecular weight excluding hydrogens is 222 g/mol. The quantitative estimate of drug-likeness (QED) is 0.832. The van der Waals surface area contributed by atoms with E-state index >= 15 is 0 Å². The molecule has 0 radical (unpaired) electrons. The lowest BCUT2D eigenvalue weighted by molar-refractivity contribution is 0.409. The van der Waals surface area contributed by atoms with Crippen molar-refractivity contribution in [2.75, 3.05) is 13.7 Å². The van der Waals surface area contributed by atoms with E-state index in [9.17, 15) is 0 Å². The summed E-state index contributed by atoms with van der Waals surface area (Å²) in [6.45, 7) is 9.70. The van der Waals surface area contributed by atoms with Crippen molar-refractivity contribution in [3.8, 4) is 5.75 Å². The lowest BCUT2D eigenvalue weighted by atomic mass is 9.81. The van der Waals surface area contributed by atoms with Gasteiger partial charge in [0.1, 0.15) is 5.75 Å². The van der Waals surface area contributed by atoms with E-state index in [2.05, 4.69) is 39.8 Å². The van der Waals surface area contributed by atoms with E-state index in [1.54, 1.807) is 7.11 Å². The van der Waals surface area contributed by atoms with E-state index in [1.807, 2.05) is 0 Å². The van der Waals surface area contributed by atoms with Crippen LogP contribution >= 0.6 is 0 Å². The molecule has 0 aliphatic carbocycles. The van der Waals surface area contributed by atoms with Gasteiger partial charge in [-0.25, -0.2) is 0 Å². The Hall–Kier alpha value is -1.02. The minimum absolute atomic E-state index is 0.596. The molecule has 1 aromatic rings. The highest BCUT2D eigenvalue weighted by Crippen LogP contribution is 2.35. The van der Waals surface area contributed by atoms with Crippen LogP contribution in [-0.4, -0.2) is 13.7 Å². The molecule has 0 heterocycles. The Labute approximate surface area is 112 Å². The Morgan fingerprint density at radius 3 is 2.33 bits per heavy atom. The van der Waals surface area contributed by atoms with Gasteiger partial charge in [0.2, 0.25) is 0 Å². The van der Waals surface area contributed by atoms with Crippen LogP contribution in [0.25, 0.3) is 0 Å². The monoisotopic (exact) mass is 249 g/mol. The Morgan fingerprint density at radius 1 is 1.17 bits per heavy atom. The Morgan fingerprint density at radius 2 is 1.83 bits per heavy atom. The standard InChI is InChI=1S/C16H27NO/c1-11(2)14(7-6-10-17)15-8-9-16(18-5)13(4)12(15)3/h8-9,11,14H,6-7,10,17H2,1-5H3. The molecule has 2 N–H and O–H groups in total. The Balaban J connectivity index is 3.09. The minimum Gasteiger partial charge on any atom is -0.496 e. The normalized spacial score (nSPS) is 12.8. The maximum Gasteiger partial charge on any atom is 0.122 e. The van der Waals surface area contributed by atoms with Crippen molar-refractivity contribution in [1.82, 2.24) is 0 Å². The van der Waals surface area contributed by atoms with E-state index in [-0.39, 0.29) is 0 Å². The molecule has 1 unspecified atom stereocenters. The van der Waals surface area contributed by atoms with Crippen LogP contribution in [0.4, 0.5) is 0 Å². The third kappa shape index (κ3) is 3.26. The zero-order valence-corrected chi connectivity index (χ0v) is 12.4. The van der Waals surface area contributed by atoms with Crippen molar-refractivity contribution in [3.63, 3.8) is 0 Å². The Kier molecular flexibility index (Phi) is 5.67. The summed E-state index contributed by atoms with van der Waals surface area (Å²) < 4.78 is 5.38. The first-order chi connectivity index (χ1) is 8.52. The van der Waals surface area contributed by atoms with Crippen molar-refractivity contribution < 1.29 is 4.74 Å². The van der Waals surface area contributed by atoms with Gasteiger partial charge < -0.3 is 10.5 Å². The van der Waals surface area contributed by atoms with Gasteiger partial charge in [-0.3, -0.25) is 0 Å². The summed E-state index contributed by atoms with van der Waals surface area (Å²) in [5.41, 5.74) is 9.73. The van der Waals surface area contributed by atoms with Gasteiger partial charge in [-0.2, -0.15) is 0 Å². The van der Waals surface area contributed by atoms with Gasteiger partial charge in [0.25, 0.3) is 0 Å². The molecule has 0 amide bonds. The van der Waals surface area contributed by atoms with E-state index < -0.39 is 0 Å². The first-order valence-corrected chi connectivity index (χ1v) is 6.87. The fourth-order valence-electron chi connectivity index (χ4n) is 2.63. The zero-order chi connectivity index (χ0) is 13.7. The topological polar surface area (TPSA) is 35.2 Å². The van der Waals surface area contributed by atoms with Crippen molar-refractivity contribution in [1.29, 1.82) is 0 Å². The maximum absolute atomic E-state index is 5.65. The average Bonchev–Trinajstić information content (AvgIpc) is 2.34. The number of nitrogens with two attached hydrogens (primary N) is 1. The fourth-order valence-corrected chi connectivity index (χ4v) is 2.63. The number of hydrogen-bond donors (Lipinski definition) is 1. The molecule has 0 aliphatic rings. The lowest BCUT2D eigenvalue weighted by Crippen LogP contribution is -2.12. The second-order valence-electron chi connectivity index (χ2n) is 5.39. The van der Waals surface area contributed by atoms with E-state index in [1.165, 1.54) is 23.1 Å². The Bertz CT molecular complexity index is 385. The van der Waals surface area contributed by atoms with E-state index in [0.29, 0.717) is 11.8 Å². The van der Waals surface area contributed by atoms with Gasteiger partial charge in [0, 0.05) is 0 Å². The van der Waals surface area contributed by atoms with Crippen LogP contribution < -0.4 is 10.5 Å². The summed E-state index contributed by atoms with van der Waals surface area (Å²) >= 11 is 0. The molecule has 0 spiro atoms. The molecular formula is C16H27NO. The van der Waals surface area contributed by atoms with Crippen molar-refractivity contribution >= 4 is 0 Å². The van der Waals surface area contributed by atoms with E-state index in [0.717, 1.165) is 18.7 Å². The molecule has 2 heteroatoms. The molecule has 0 saturated carbocycles. The average molecular weight is 249 g/mol. The molecule has 102 valence electrons. The predicted octanol–water partition coefficient (Wildman–Crippen LogP) is 3.79. The second kappa shape index (κ2) is 6.79. The number of hydrogen-bond acceptors (Lipinski definition) is 2. The van der Waals surface area contributed by atoms with Crippen molar-refractivity contribution in [2.24, 2.45) is 11.7 Å². The number of methoxy groups -OCH3 is 1. The summed E-state index contributed by atoms with van der Waals surface area (Å²) in [6.07, 6.45) is 2.26. The first kappa shape index (κ1) is 15.0. The van der Waals surface area contributed by atoms with Crippen LogP contribution in [0.15, 0.2) is 12.1 Å². The highest BCUT2D eigenvalue weighted by atomic mass is 16.5. The van der Waals surface area contributed by atoms with Gasteiger partial charge >= 0.3 is 0 Å². The van der Waals surface area contributed by atoms with Gasteiger partial charge in [0.15, 0.2) is 0 Å². The summed E-state index contributed by atoms with van der Waals surface area (Å²) in [4.78, 5) is 0. The molecule has 1 rings (SSSR count). The lowest BCUT2D eigenvalue weighted by Gasteiger charge is -2.24. The largest absolute Gasteiger partial charge is 0.496 e. The third-order valence-corrected chi connectivity index (χ3v) is 3.92. The van der Waals surface area contributed by atoms with Gasteiger partial charge in [-0.05, 0) is 67.8 Å². The molecule has 0 aliphatic heterocycles. The van der Waals surface area contributed by atoms with Gasteiger partial charge in [0.05, 0.1) is 7.11 Å². The van der Waals surface area contributed by atoms with Gasteiger partial charge in [-0.1, -0.05) is 19.9 Å². The highest BCUT2D eigenvalue weighted by molar-refractivity contribution is 5.45. The molecule has 18 heavy (non-hydrogen) atoms. The maximum atomic E-state index is 5.65. The minimum atomic E-state index is 0.596. The number of benzene rings is 1. The molecule has 1 atom stereocenters. The molecule has 2 nitrogen and oxygen atoms in total. The smallest absolute Gasteiger partial charge is 0.122 e. The summed E-state index contributed by atoms with van der Waals surface area (Å²) in [7, 11) is 1.73. The van der Waals surface area contributed by atoms with Crippen LogP contribution in [0.3, 0.4) is 0 Å². The second-order valence-corrected chi connectivity index (χ2v) is 5.39. The van der Waals surface area contributed by atoms with Crippen molar-refractivity contribution in [3.05, 3.63) is 28.8 Å². The van der Waals surface area contributed by atoms with Crippen LogP contribution in [0, 0.1) is 19.8 Å². The highest BCUT2D eigenvalue weighted by Gasteiger charge is 2.19. The SMILES string of the molecule is COc1ccc(C(CCCN)C(C)C)c(C)c1C. The summed E-state index contributed by atoms with van der Waals surface area (Å²) in [6, 6.07) is 4.32. The number of rotatable bonds is 6. The molecule has 0 saturated heterocycles. The van der Waals surface area contributed by atoms with Crippen molar-refractivity contribution in [2.45, 2.75) is 46.5 Å². The summed E-state index contributed by atoms with van der Waals surface area (Å²) in [5, 5.41) is 0. The first-order valence-electron chi connectivity index (χ1n) is 6.87. The fraction of sp³-hybridized carbons (Fsp3) is 0.625. The predicted molar refractivity (Wildman–Crippen MR) is 78.3 cm³/mol. The van der Waals surface area contributed by atoms with Crippen LogP contribution in [0.1, 0.15) is 49.3 Å². The molecule has 0 bridgehead atoms. The molecule has 0 fully saturated rings. The van der Waals surface area contributed by atoms with Gasteiger partial charge in [-0.15, -0.1) is 0 Å². The van der Waals surface area contributed by atoms with Crippen LogP contribution in [0.5, 0.6) is 5.75 Å². The van der Waals surface area contributed by atoms with Crippen LogP contribution in [-0.2, 0) is 0 Å². The number of ether oxygens (including phenoxy) is 1. The molecule has 1 aromatic carbocycles. The third-order valence-electron chi connectivity index (χ3n) is 3.92. The zero-order valence-electron chi connectivity index (χ0n) is 12.4. The molecule has 0 aromatic heterocycles. The van der Waals surface area contributed by atoms with E-state index in [4.69, 9.17) is 10.5 Å². The van der Waals surface area contributed by atoms with Crippen LogP contribution in [0.2, 0.25) is 0 Å². The summed E-state index contributed by atoms with van der Waals surface area (Å²) in [5.74, 6) is 2.22.